The number of fused-ring (bicyclic) bond motifs is 1. The Balaban J connectivity index is 1.59. The second-order valence-electron chi connectivity index (χ2n) is 8.80. The fourth-order valence-corrected chi connectivity index (χ4v) is 3.79. The molecule has 0 unspecified atom stereocenters. The van der Waals surface area contributed by atoms with E-state index >= 15 is 0 Å². The van der Waals surface area contributed by atoms with E-state index in [9.17, 15) is 4.39 Å². The number of anilines is 1. The van der Waals surface area contributed by atoms with Gasteiger partial charge in [0, 0.05) is 37.7 Å². The maximum absolute atomic E-state index is 14.5. The van der Waals surface area contributed by atoms with E-state index in [4.69, 9.17) is 13.9 Å². The van der Waals surface area contributed by atoms with Gasteiger partial charge < -0.3 is 24.1 Å². The number of methoxy groups -OCH3 is 1. The van der Waals surface area contributed by atoms with Gasteiger partial charge in [-0.3, -0.25) is 0 Å². The first kappa shape index (κ1) is 21.5. The molecule has 0 spiro atoms. The van der Waals surface area contributed by atoms with Crippen LogP contribution in [0.4, 0.5) is 10.2 Å². The van der Waals surface area contributed by atoms with Gasteiger partial charge in [-0.25, -0.2) is 9.37 Å². The molecule has 0 radical (unpaired) electrons. The van der Waals surface area contributed by atoms with Crippen molar-refractivity contribution in [2.24, 2.45) is 0 Å². The second-order valence-corrected chi connectivity index (χ2v) is 8.80. The van der Waals surface area contributed by atoms with Crippen LogP contribution in [0.5, 0.6) is 5.75 Å². The molecule has 0 bridgehead atoms. The molecular weight excluding hydrogens is 401 g/mol. The number of benzene rings is 1. The van der Waals surface area contributed by atoms with Crippen LogP contribution in [0.2, 0.25) is 0 Å². The molecule has 2 aromatic heterocycles. The fraction of sp³-hybridized carbons (Fsp3) is 0.500. The highest BCUT2D eigenvalue weighted by Gasteiger charge is 2.35. The van der Waals surface area contributed by atoms with Crippen molar-refractivity contribution in [3.05, 3.63) is 30.2 Å². The summed E-state index contributed by atoms with van der Waals surface area (Å²) in [4.78, 5) is 6.26. The number of alkyl halides is 1. The Kier molecular flexibility index (Phi) is 5.81. The predicted molar refractivity (Wildman–Crippen MR) is 116 cm³/mol. The molecule has 31 heavy (non-hydrogen) atoms. The van der Waals surface area contributed by atoms with Crippen LogP contribution in [-0.4, -0.2) is 59.9 Å². The van der Waals surface area contributed by atoms with Crippen LogP contribution in [0, 0.1) is 6.92 Å². The molecule has 1 aliphatic heterocycles. The zero-order valence-electron chi connectivity index (χ0n) is 18.5. The molecule has 0 aliphatic carbocycles. The summed E-state index contributed by atoms with van der Waals surface area (Å²) in [5, 5.41) is 12.1. The van der Waals surface area contributed by atoms with Crippen LogP contribution in [0.1, 0.15) is 26.7 Å². The van der Waals surface area contributed by atoms with Crippen LogP contribution in [0.3, 0.4) is 0 Å². The summed E-state index contributed by atoms with van der Waals surface area (Å²) in [5.41, 5.74) is 2.51. The zero-order chi connectivity index (χ0) is 22.2. The number of hydrogen-bond donors (Lipinski definition) is 1. The molecule has 4 rings (SSSR count). The van der Waals surface area contributed by atoms with Gasteiger partial charge in [0.2, 0.25) is 0 Å². The molecule has 1 N–H and O–H groups in total. The van der Waals surface area contributed by atoms with Crippen molar-refractivity contribution in [1.29, 1.82) is 0 Å². The maximum Gasteiger partial charge on any atom is 0.192 e. The minimum atomic E-state index is -0.966. The van der Waals surface area contributed by atoms with Crippen LogP contribution in [0.15, 0.2) is 28.7 Å². The van der Waals surface area contributed by atoms with Gasteiger partial charge in [-0.05, 0) is 39.0 Å². The van der Waals surface area contributed by atoms with E-state index in [1.165, 1.54) is 0 Å². The highest BCUT2D eigenvalue weighted by molar-refractivity contribution is 5.84. The highest BCUT2D eigenvalue weighted by Crippen LogP contribution is 2.34. The Morgan fingerprint density at radius 3 is 2.71 bits per heavy atom. The van der Waals surface area contributed by atoms with E-state index in [1.54, 1.807) is 20.1 Å². The monoisotopic (exact) mass is 429 g/mol. The van der Waals surface area contributed by atoms with E-state index in [-0.39, 0.29) is 24.9 Å². The number of aryl methyl sites for hydroxylation is 1. The summed E-state index contributed by atoms with van der Waals surface area (Å²) in [6, 6.07) is 7.09. The van der Waals surface area contributed by atoms with Crippen molar-refractivity contribution >= 4 is 16.9 Å². The standard InChI is InChI=1S/C22H28FN5O3/c1-13-24-17-9-19(30-12-29-5)14(8-20(17)31-13)16-6-7-21(27-26-16)28-10-15(23)18(11-28)25-22(2,3)4/h6-9,15,18,25H,10-12H2,1-5H3/t15-,18-/m0/s1. The van der Waals surface area contributed by atoms with Crippen molar-refractivity contribution in [3.63, 3.8) is 0 Å². The van der Waals surface area contributed by atoms with Gasteiger partial charge in [0.05, 0.1) is 18.3 Å². The van der Waals surface area contributed by atoms with Gasteiger partial charge in [-0.2, -0.15) is 0 Å². The Morgan fingerprint density at radius 1 is 1.23 bits per heavy atom. The summed E-state index contributed by atoms with van der Waals surface area (Å²) in [6.07, 6.45) is -0.966. The molecule has 8 nitrogen and oxygen atoms in total. The molecule has 3 aromatic rings. The number of oxazole rings is 1. The number of rotatable bonds is 6. The highest BCUT2D eigenvalue weighted by atomic mass is 19.1. The summed E-state index contributed by atoms with van der Waals surface area (Å²) >= 11 is 0. The van der Waals surface area contributed by atoms with Gasteiger partial charge in [-0.15, -0.1) is 10.2 Å². The van der Waals surface area contributed by atoms with Gasteiger partial charge in [0.25, 0.3) is 0 Å². The van der Waals surface area contributed by atoms with E-state index in [0.29, 0.717) is 40.8 Å². The Morgan fingerprint density at radius 2 is 2.03 bits per heavy atom. The Labute approximate surface area is 180 Å². The fourth-order valence-electron chi connectivity index (χ4n) is 3.79. The predicted octanol–water partition coefficient (Wildman–Crippen LogP) is 3.49. The van der Waals surface area contributed by atoms with Crippen LogP contribution < -0.4 is 15.0 Å². The van der Waals surface area contributed by atoms with E-state index in [1.807, 2.05) is 43.9 Å². The molecular formula is C22H28FN5O3. The van der Waals surface area contributed by atoms with E-state index in [2.05, 4.69) is 20.5 Å². The SMILES string of the molecule is COCOc1cc2nc(C)oc2cc1-c1ccc(N2C[C@H](NC(C)(C)C)[C@@H](F)C2)nn1. The number of aromatic nitrogens is 3. The maximum atomic E-state index is 14.5. The van der Waals surface area contributed by atoms with Crippen LogP contribution in [-0.2, 0) is 4.74 Å². The lowest BCUT2D eigenvalue weighted by molar-refractivity contribution is 0.0516. The quantitative estimate of drug-likeness (QED) is 0.596. The number of hydrogen-bond acceptors (Lipinski definition) is 8. The van der Waals surface area contributed by atoms with Gasteiger partial charge in [-0.1, -0.05) is 0 Å². The van der Waals surface area contributed by atoms with Crippen molar-refractivity contribution in [1.82, 2.24) is 20.5 Å². The molecule has 9 heteroatoms. The molecule has 166 valence electrons. The first-order valence-corrected chi connectivity index (χ1v) is 10.3. The van der Waals surface area contributed by atoms with Crippen molar-refractivity contribution in [2.75, 3.05) is 31.9 Å². The van der Waals surface area contributed by atoms with Crippen molar-refractivity contribution in [3.8, 4) is 17.0 Å². The lowest BCUT2D eigenvalue weighted by atomic mass is 10.1. The molecule has 1 saturated heterocycles. The first-order chi connectivity index (χ1) is 14.7. The zero-order valence-corrected chi connectivity index (χ0v) is 18.5. The number of halogens is 1. The Bertz CT molecular complexity index is 1050. The normalized spacial score (nSPS) is 19.4. The van der Waals surface area contributed by atoms with Crippen molar-refractivity contribution < 1.29 is 18.3 Å². The molecule has 3 heterocycles. The third-order valence-corrected chi connectivity index (χ3v) is 5.05. The number of nitrogens with zero attached hydrogens (tertiary/aromatic N) is 4. The lowest BCUT2D eigenvalue weighted by Crippen LogP contribution is -2.48. The van der Waals surface area contributed by atoms with E-state index < -0.39 is 6.17 Å². The summed E-state index contributed by atoms with van der Waals surface area (Å²) in [5.74, 6) is 1.78. The minimum Gasteiger partial charge on any atom is -0.467 e. The third kappa shape index (κ3) is 4.77. The number of ether oxygens (including phenoxy) is 2. The molecule has 2 atom stereocenters. The smallest absolute Gasteiger partial charge is 0.192 e. The van der Waals surface area contributed by atoms with Crippen molar-refractivity contribution in [2.45, 2.75) is 45.4 Å². The summed E-state index contributed by atoms with van der Waals surface area (Å²) in [7, 11) is 1.56. The van der Waals surface area contributed by atoms with Crippen LogP contribution >= 0.6 is 0 Å². The van der Waals surface area contributed by atoms with Gasteiger partial charge in [0.1, 0.15) is 17.4 Å². The average molecular weight is 429 g/mol. The molecule has 0 amide bonds. The summed E-state index contributed by atoms with van der Waals surface area (Å²) < 4.78 is 30.9. The van der Waals surface area contributed by atoms with Crippen LogP contribution in [0.25, 0.3) is 22.4 Å². The van der Waals surface area contributed by atoms with Gasteiger partial charge in [0.15, 0.2) is 24.1 Å². The Hall–Kier alpha value is -2.78. The number of nitrogens with one attached hydrogen (secondary N) is 1. The lowest BCUT2D eigenvalue weighted by Gasteiger charge is -2.26. The first-order valence-electron chi connectivity index (χ1n) is 10.3. The minimum absolute atomic E-state index is 0.0919. The average Bonchev–Trinajstić information content (AvgIpc) is 3.25. The molecule has 0 saturated carbocycles. The summed E-state index contributed by atoms with van der Waals surface area (Å²) in [6.45, 7) is 8.81. The second kappa shape index (κ2) is 8.39. The molecule has 1 aliphatic rings. The van der Waals surface area contributed by atoms with Gasteiger partial charge >= 0.3 is 0 Å². The molecule has 1 fully saturated rings. The topological polar surface area (TPSA) is 85.5 Å². The largest absolute Gasteiger partial charge is 0.467 e. The molecule has 1 aromatic carbocycles. The van der Waals surface area contributed by atoms with E-state index in [0.717, 1.165) is 5.56 Å². The third-order valence-electron chi connectivity index (χ3n) is 5.05.